The first-order valence-corrected chi connectivity index (χ1v) is 6.45. The first-order valence-electron chi connectivity index (χ1n) is 6.45. The number of aryl methyl sites for hydroxylation is 1. The summed E-state index contributed by atoms with van der Waals surface area (Å²) in [6.07, 6.45) is 5.13. The molecule has 18 heavy (non-hydrogen) atoms. The van der Waals surface area contributed by atoms with Gasteiger partial charge in [0.05, 0.1) is 5.69 Å². The minimum Gasteiger partial charge on any atom is -0.396 e. The lowest BCUT2D eigenvalue weighted by Gasteiger charge is -2.12. The Balaban J connectivity index is 2.37. The number of amides is 1. The van der Waals surface area contributed by atoms with Gasteiger partial charge in [0.15, 0.2) is 0 Å². The average molecular weight is 254 g/mol. The normalized spacial score (nSPS) is 12.4. The zero-order valence-electron chi connectivity index (χ0n) is 11.1. The molecule has 1 aromatic heterocycles. The van der Waals surface area contributed by atoms with Crippen molar-refractivity contribution in [1.29, 1.82) is 0 Å². The second-order valence-corrected chi connectivity index (χ2v) is 4.49. The number of nitrogens with one attached hydrogen (secondary N) is 1. The molecule has 0 saturated carbocycles. The molecule has 0 spiro atoms. The highest BCUT2D eigenvalue weighted by Crippen LogP contribution is 1.98. The summed E-state index contributed by atoms with van der Waals surface area (Å²) in [7, 11) is 0. The lowest BCUT2D eigenvalue weighted by molar-refractivity contribution is -0.122. The molecule has 0 bridgehead atoms. The van der Waals surface area contributed by atoms with Gasteiger partial charge in [-0.15, -0.1) is 5.10 Å². The summed E-state index contributed by atoms with van der Waals surface area (Å²) in [5, 5.41) is 19.5. The molecule has 0 aromatic carbocycles. The topological polar surface area (TPSA) is 80.0 Å². The smallest absolute Gasteiger partial charge is 0.242 e. The minimum atomic E-state index is -0.0467. The lowest BCUT2D eigenvalue weighted by atomic mass is 10.2. The van der Waals surface area contributed by atoms with Crippen molar-refractivity contribution in [2.24, 2.45) is 0 Å². The molecule has 2 N–H and O–H groups in total. The van der Waals surface area contributed by atoms with E-state index in [1.54, 1.807) is 6.20 Å². The summed E-state index contributed by atoms with van der Waals surface area (Å²) in [5.74, 6) is -0.0467. The predicted octanol–water partition coefficient (Wildman–Crippen LogP) is 0.508. The number of aromatic nitrogens is 3. The number of hydrogen-bond donors (Lipinski definition) is 2. The van der Waals surface area contributed by atoms with E-state index in [1.807, 2.05) is 6.92 Å². The number of carbonyl (C=O) groups excluding carboxylic acids is 1. The maximum Gasteiger partial charge on any atom is 0.242 e. The van der Waals surface area contributed by atoms with E-state index >= 15 is 0 Å². The van der Waals surface area contributed by atoms with E-state index in [-0.39, 0.29) is 25.1 Å². The lowest BCUT2D eigenvalue weighted by Crippen LogP contribution is -2.35. The fraction of sp³-hybridized carbons (Fsp3) is 0.750. The van der Waals surface area contributed by atoms with Crippen molar-refractivity contribution in [3.63, 3.8) is 0 Å². The maximum absolute atomic E-state index is 11.7. The molecule has 1 amide bonds. The minimum absolute atomic E-state index is 0.0467. The third-order valence-electron chi connectivity index (χ3n) is 2.61. The highest BCUT2D eigenvalue weighted by atomic mass is 16.2. The van der Waals surface area contributed by atoms with Gasteiger partial charge in [-0.05, 0) is 26.2 Å². The summed E-state index contributed by atoms with van der Waals surface area (Å²) < 4.78 is 1.53. The Bertz CT molecular complexity index is 365. The van der Waals surface area contributed by atoms with Gasteiger partial charge >= 0.3 is 0 Å². The molecule has 1 unspecified atom stereocenters. The molecule has 1 aromatic rings. The second-order valence-electron chi connectivity index (χ2n) is 4.49. The SMILES string of the molecule is CCCC(C)NC(=O)Cn1cc(CCCO)nn1. The van der Waals surface area contributed by atoms with Crippen LogP contribution < -0.4 is 5.32 Å². The van der Waals surface area contributed by atoms with Crippen LogP contribution in [0.4, 0.5) is 0 Å². The van der Waals surface area contributed by atoms with Gasteiger partial charge in [0.25, 0.3) is 0 Å². The Morgan fingerprint density at radius 2 is 2.39 bits per heavy atom. The van der Waals surface area contributed by atoms with Crippen molar-refractivity contribution in [2.75, 3.05) is 6.61 Å². The third-order valence-corrected chi connectivity index (χ3v) is 2.61. The first kappa shape index (κ1) is 14.6. The molecule has 102 valence electrons. The van der Waals surface area contributed by atoms with E-state index in [1.165, 1.54) is 4.68 Å². The van der Waals surface area contributed by atoms with Crippen LogP contribution in [0.2, 0.25) is 0 Å². The highest BCUT2D eigenvalue weighted by Gasteiger charge is 2.08. The van der Waals surface area contributed by atoms with Crippen LogP contribution in [0.15, 0.2) is 6.20 Å². The van der Waals surface area contributed by atoms with E-state index in [0.717, 1.165) is 18.5 Å². The van der Waals surface area contributed by atoms with Gasteiger partial charge in [0, 0.05) is 18.8 Å². The van der Waals surface area contributed by atoms with Crippen molar-refractivity contribution in [3.8, 4) is 0 Å². The zero-order valence-corrected chi connectivity index (χ0v) is 11.1. The Morgan fingerprint density at radius 3 is 3.06 bits per heavy atom. The highest BCUT2D eigenvalue weighted by molar-refractivity contribution is 5.75. The van der Waals surface area contributed by atoms with E-state index in [2.05, 4.69) is 22.6 Å². The zero-order chi connectivity index (χ0) is 13.4. The number of carbonyl (C=O) groups is 1. The van der Waals surface area contributed by atoms with Crippen molar-refractivity contribution in [3.05, 3.63) is 11.9 Å². The van der Waals surface area contributed by atoms with Gasteiger partial charge < -0.3 is 10.4 Å². The number of rotatable bonds is 8. The fourth-order valence-corrected chi connectivity index (χ4v) is 1.76. The Hall–Kier alpha value is -1.43. The van der Waals surface area contributed by atoms with Crippen LogP contribution in [-0.4, -0.2) is 38.7 Å². The Morgan fingerprint density at radius 1 is 1.61 bits per heavy atom. The Kier molecular flexibility index (Phi) is 6.35. The summed E-state index contributed by atoms with van der Waals surface area (Å²) in [6, 6.07) is 0.194. The number of nitrogens with zero attached hydrogens (tertiary/aromatic N) is 3. The van der Waals surface area contributed by atoms with Crippen LogP contribution in [0.1, 0.15) is 38.8 Å². The number of aliphatic hydroxyl groups is 1. The molecular formula is C12H22N4O2. The standard InChI is InChI=1S/C12H22N4O2/c1-3-5-10(2)13-12(18)9-16-8-11(14-15-16)6-4-7-17/h8,10,17H,3-7,9H2,1-2H3,(H,13,18). The van der Waals surface area contributed by atoms with E-state index in [0.29, 0.717) is 12.8 Å². The van der Waals surface area contributed by atoms with Gasteiger partial charge in [-0.25, -0.2) is 4.68 Å². The number of hydrogen-bond acceptors (Lipinski definition) is 4. The van der Waals surface area contributed by atoms with Gasteiger partial charge in [-0.1, -0.05) is 18.6 Å². The quantitative estimate of drug-likeness (QED) is 0.708. The third kappa shape index (κ3) is 5.27. The van der Waals surface area contributed by atoms with Crippen molar-refractivity contribution in [1.82, 2.24) is 20.3 Å². The van der Waals surface area contributed by atoms with Crippen molar-refractivity contribution < 1.29 is 9.90 Å². The summed E-state index contributed by atoms with van der Waals surface area (Å²) >= 11 is 0. The fourth-order valence-electron chi connectivity index (χ4n) is 1.76. The van der Waals surface area contributed by atoms with Gasteiger partial charge in [0.2, 0.25) is 5.91 Å². The maximum atomic E-state index is 11.7. The molecule has 6 heteroatoms. The van der Waals surface area contributed by atoms with Crippen LogP contribution in [0.25, 0.3) is 0 Å². The van der Waals surface area contributed by atoms with E-state index in [4.69, 9.17) is 5.11 Å². The molecular weight excluding hydrogens is 232 g/mol. The van der Waals surface area contributed by atoms with E-state index < -0.39 is 0 Å². The van der Waals surface area contributed by atoms with E-state index in [9.17, 15) is 4.79 Å². The molecule has 6 nitrogen and oxygen atoms in total. The van der Waals surface area contributed by atoms with Gasteiger partial charge in [-0.3, -0.25) is 4.79 Å². The molecule has 0 fully saturated rings. The summed E-state index contributed by atoms with van der Waals surface area (Å²) in [5.41, 5.74) is 0.804. The summed E-state index contributed by atoms with van der Waals surface area (Å²) in [6.45, 7) is 4.42. The predicted molar refractivity (Wildman–Crippen MR) is 67.9 cm³/mol. The van der Waals surface area contributed by atoms with Crippen LogP contribution in [0, 0.1) is 0 Å². The molecule has 1 rings (SSSR count). The van der Waals surface area contributed by atoms with Crippen molar-refractivity contribution in [2.45, 2.75) is 52.1 Å². The molecule has 0 aliphatic heterocycles. The largest absolute Gasteiger partial charge is 0.396 e. The molecule has 0 aliphatic rings. The molecule has 0 saturated heterocycles. The van der Waals surface area contributed by atoms with Crippen molar-refractivity contribution >= 4 is 5.91 Å². The van der Waals surface area contributed by atoms with Crippen LogP contribution >= 0.6 is 0 Å². The summed E-state index contributed by atoms with van der Waals surface area (Å²) in [4.78, 5) is 11.7. The first-order chi connectivity index (χ1) is 8.65. The van der Waals surface area contributed by atoms with Gasteiger partial charge in [-0.2, -0.15) is 0 Å². The molecule has 0 radical (unpaired) electrons. The monoisotopic (exact) mass is 254 g/mol. The van der Waals surface area contributed by atoms with Crippen LogP contribution in [0.3, 0.4) is 0 Å². The van der Waals surface area contributed by atoms with Crippen LogP contribution in [-0.2, 0) is 17.8 Å². The van der Waals surface area contributed by atoms with Gasteiger partial charge in [0.1, 0.15) is 6.54 Å². The number of aliphatic hydroxyl groups excluding tert-OH is 1. The molecule has 0 aliphatic carbocycles. The average Bonchev–Trinajstić information content (AvgIpc) is 2.74. The second kappa shape index (κ2) is 7.81. The Labute approximate surface area is 107 Å². The molecule has 1 heterocycles. The van der Waals surface area contributed by atoms with Crippen LogP contribution in [0.5, 0.6) is 0 Å². The molecule has 1 atom stereocenters.